The van der Waals surface area contributed by atoms with Crippen LogP contribution in [-0.4, -0.2) is 54.3 Å². The van der Waals surface area contributed by atoms with Crippen LogP contribution in [0.3, 0.4) is 0 Å². The number of thiazole rings is 1. The van der Waals surface area contributed by atoms with Crippen LogP contribution >= 0.6 is 11.3 Å². The summed E-state index contributed by atoms with van der Waals surface area (Å²) >= 11 is 1.34. The molecule has 0 saturated carbocycles. The monoisotopic (exact) mass is 422 g/mol. The number of nitrogen functional groups attached to an aromatic ring is 1. The van der Waals surface area contributed by atoms with Crippen molar-refractivity contribution in [2.24, 2.45) is 0 Å². The van der Waals surface area contributed by atoms with Crippen LogP contribution in [0.5, 0.6) is 0 Å². The van der Waals surface area contributed by atoms with Gasteiger partial charge in [0.2, 0.25) is 0 Å². The molecule has 3 N–H and O–H groups in total. The van der Waals surface area contributed by atoms with E-state index in [1.165, 1.54) is 17.4 Å². The molecule has 0 unspecified atom stereocenters. The van der Waals surface area contributed by atoms with Gasteiger partial charge in [0.1, 0.15) is 11.5 Å². The van der Waals surface area contributed by atoms with Crippen LogP contribution in [-0.2, 0) is 10.9 Å². The topological polar surface area (TPSA) is 76.3 Å². The maximum atomic E-state index is 13.2. The van der Waals surface area contributed by atoms with E-state index in [4.69, 9.17) is 10.5 Å². The summed E-state index contributed by atoms with van der Waals surface area (Å²) in [6, 6.07) is 9.16. The van der Waals surface area contributed by atoms with E-state index >= 15 is 0 Å². The molecule has 0 spiro atoms. The quantitative estimate of drug-likeness (QED) is 0.656. The van der Waals surface area contributed by atoms with Gasteiger partial charge >= 0.3 is 6.18 Å². The van der Waals surface area contributed by atoms with Gasteiger partial charge in [0.15, 0.2) is 5.13 Å². The lowest BCUT2D eigenvalue weighted by molar-refractivity contribution is -0.141. The van der Waals surface area contributed by atoms with Gasteiger partial charge in [-0.15, -0.1) is 0 Å². The van der Waals surface area contributed by atoms with Crippen LogP contribution in [0.15, 0.2) is 24.3 Å². The average molecular weight is 422 g/mol. The third-order valence-corrected chi connectivity index (χ3v) is 5.47. The van der Waals surface area contributed by atoms with Gasteiger partial charge in [-0.1, -0.05) is 17.4 Å². The zero-order chi connectivity index (χ0) is 20.4. The Bertz CT molecular complexity index is 1000. The molecule has 153 valence electrons. The molecule has 1 aliphatic heterocycles. The van der Waals surface area contributed by atoms with E-state index in [1.54, 1.807) is 6.07 Å². The number of aromatic nitrogens is 2. The molecular formula is C19H19F3N5OS. The van der Waals surface area contributed by atoms with Crippen molar-refractivity contribution < 1.29 is 17.9 Å². The Labute approximate surface area is 169 Å². The number of hydrogen-bond acceptors (Lipinski definition) is 7. The van der Waals surface area contributed by atoms with Crippen LogP contribution in [0, 0.1) is 6.07 Å². The maximum Gasteiger partial charge on any atom is 0.433 e. The zero-order valence-corrected chi connectivity index (χ0v) is 16.2. The number of alkyl halides is 3. The molecule has 3 heterocycles. The molecule has 1 aromatic carbocycles. The number of rotatable bonds is 5. The fourth-order valence-corrected chi connectivity index (χ4v) is 3.85. The Kier molecular flexibility index (Phi) is 5.57. The first-order chi connectivity index (χ1) is 13.9. The highest BCUT2D eigenvalue weighted by Crippen LogP contribution is 2.35. The van der Waals surface area contributed by atoms with Gasteiger partial charge in [0, 0.05) is 37.8 Å². The minimum atomic E-state index is -4.52. The number of nitrogens with one attached hydrogen (secondary N) is 1. The van der Waals surface area contributed by atoms with Crippen LogP contribution in [0.2, 0.25) is 0 Å². The van der Waals surface area contributed by atoms with Gasteiger partial charge in [0.25, 0.3) is 0 Å². The lowest BCUT2D eigenvalue weighted by Crippen LogP contribution is -2.39. The average Bonchev–Trinajstić information content (AvgIpc) is 3.07. The number of anilines is 2. The molecule has 0 bridgehead atoms. The first-order valence-corrected chi connectivity index (χ1v) is 9.93. The number of morpholine rings is 1. The molecule has 2 aromatic heterocycles. The van der Waals surface area contributed by atoms with E-state index < -0.39 is 11.9 Å². The van der Waals surface area contributed by atoms with E-state index in [1.807, 2.05) is 6.07 Å². The summed E-state index contributed by atoms with van der Waals surface area (Å²) < 4.78 is 45.7. The van der Waals surface area contributed by atoms with Crippen molar-refractivity contribution in [2.45, 2.75) is 6.18 Å². The first kappa shape index (κ1) is 19.9. The second-order valence-corrected chi connectivity index (χ2v) is 7.67. The van der Waals surface area contributed by atoms with Gasteiger partial charge in [-0.05, 0) is 23.8 Å². The summed E-state index contributed by atoms with van der Waals surface area (Å²) in [6.07, 6.45) is -4.52. The molecule has 0 atom stereocenters. The molecule has 1 fully saturated rings. The molecule has 0 amide bonds. The third-order valence-electron chi connectivity index (χ3n) is 4.62. The van der Waals surface area contributed by atoms with Crippen LogP contribution in [0.4, 0.5) is 24.1 Å². The fourth-order valence-electron chi connectivity index (χ4n) is 3.16. The van der Waals surface area contributed by atoms with E-state index in [2.05, 4.69) is 26.3 Å². The van der Waals surface area contributed by atoms with Crippen molar-refractivity contribution in [1.82, 2.24) is 14.9 Å². The van der Waals surface area contributed by atoms with E-state index in [0.29, 0.717) is 48.1 Å². The Hall–Kier alpha value is -2.43. The third kappa shape index (κ3) is 4.60. The normalized spacial score (nSPS) is 15.7. The standard InChI is InChI=1S/C19H19F3N5OS/c20-19(21,22)16-4-2-13(12-1-3-15-14(11-12)25-18(23)29-15)17(26-16)24-5-6-27-7-9-28-10-8-27/h1-4H,5-10H2,(H2,23,25)(H,24,26). The van der Waals surface area contributed by atoms with Gasteiger partial charge < -0.3 is 15.8 Å². The predicted molar refractivity (Wildman–Crippen MR) is 107 cm³/mol. The Morgan fingerprint density at radius 1 is 1.17 bits per heavy atom. The van der Waals surface area contributed by atoms with Crippen molar-refractivity contribution in [3.63, 3.8) is 0 Å². The highest BCUT2D eigenvalue weighted by atomic mass is 32.1. The molecule has 10 heteroatoms. The molecule has 6 nitrogen and oxygen atoms in total. The van der Waals surface area contributed by atoms with Crippen molar-refractivity contribution in [3.8, 4) is 11.1 Å². The first-order valence-electron chi connectivity index (χ1n) is 9.11. The number of fused-ring (bicyclic) bond motifs is 1. The Morgan fingerprint density at radius 3 is 2.72 bits per heavy atom. The van der Waals surface area contributed by atoms with E-state index in [0.717, 1.165) is 23.9 Å². The van der Waals surface area contributed by atoms with Gasteiger partial charge in [-0.25, -0.2) is 9.97 Å². The minimum Gasteiger partial charge on any atom is -0.379 e. The van der Waals surface area contributed by atoms with E-state index in [-0.39, 0.29) is 5.82 Å². The van der Waals surface area contributed by atoms with Crippen molar-refractivity contribution in [2.75, 3.05) is 50.4 Å². The predicted octanol–water partition coefficient (Wildman–Crippen LogP) is 3.50. The fraction of sp³-hybridized carbons (Fsp3) is 0.368. The lowest BCUT2D eigenvalue weighted by atomic mass is 10.1. The summed E-state index contributed by atoms with van der Waals surface area (Å²) in [5.74, 6) is 0.173. The Balaban J connectivity index is 1.62. The van der Waals surface area contributed by atoms with Crippen molar-refractivity contribution in [3.05, 3.63) is 36.0 Å². The second kappa shape index (κ2) is 8.13. The summed E-state index contributed by atoms with van der Waals surface area (Å²) in [7, 11) is 0. The van der Waals surface area contributed by atoms with Gasteiger partial charge in [-0.3, -0.25) is 4.90 Å². The SMILES string of the molecule is Nc1nc2[c]c(-c3ccc(C(F)(F)F)nc3NCCN3CCOCC3)ccc2s1. The summed E-state index contributed by atoms with van der Waals surface area (Å²) in [6.45, 7) is 4.09. The molecular weight excluding hydrogens is 403 g/mol. The lowest BCUT2D eigenvalue weighted by Gasteiger charge is -2.26. The number of hydrogen-bond donors (Lipinski definition) is 2. The van der Waals surface area contributed by atoms with Crippen LogP contribution < -0.4 is 11.1 Å². The maximum absolute atomic E-state index is 13.2. The summed E-state index contributed by atoms with van der Waals surface area (Å²) in [5, 5.41) is 3.49. The molecule has 3 aromatic rings. The van der Waals surface area contributed by atoms with Crippen LogP contribution in [0.25, 0.3) is 21.3 Å². The molecule has 1 aliphatic rings. The summed E-state index contributed by atoms with van der Waals surface area (Å²) in [5.41, 5.74) is 6.53. The van der Waals surface area contributed by atoms with E-state index in [9.17, 15) is 13.2 Å². The number of nitrogens with zero attached hydrogens (tertiary/aromatic N) is 3. The smallest absolute Gasteiger partial charge is 0.379 e. The Morgan fingerprint density at radius 2 is 1.97 bits per heavy atom. The number of benzene rings is 1. The van der Waals surface area contributed by atoms with Crippen molar-refractivity contribution in [1.29, 1.82) is 0 Å². The largest absolute Gasteiger partial charge is 0.433 e. The minimum absolute atomic E-state index is 0.173. The second-order valence-electron chi connectivity index (χ2n) is 6.61. The highest BCUT2D eigenvalue weighted by molar-refractivity contribution is 7.22. The molecule has 29 heavy (non-hydrogen) atoms. The highest BCUT2D eigenvalue weighted by Gasteiger charge is 2.33. The molecule has 1 radical (unpaired) electrons. The number of ether oxygens (including phenoxy) is 1. The zero-order valence-electron chi connectivity index (χ0n) is 15.4. The number of pyridine rings is 1. The van der Waals surface area contributed by atoms with Crippen LogP contribution in [0.1, 0.15) is 5.69 Å². The molecule has 1 saturated heterocycles. The summed E-state index contributed by atoms with van der Waals surface area (Å²) in [4.78, 5) is 10.3. The van der Waals surface area contributed by atoms with Gasteiger partial charge in [0.05, 0.1) is 23.4 Å². The number of halogens is 3. The number of nitrogens with two attached hydrogens (primary N) is 1. The van der Waals surface area contributed by atoms with Crippen molar-refractivity contribution >= 4 is 32.5 Å². The molecule has 0 aliphatic carbocycles. The van der Waals surface area contributed by atoms with Gasteiger partial charge in [-0.2, -0.15) is 13.2 Å². The molecule has 4 rings (SSSR count).